The summed E-state index contributed by atoms with van der Waals surface area (Å²) in [5, 5.41) is 1.86. The topological polar surface area (TPSA) is 52.3 Å². The molecule has 0 atom stereocenters. The van der Waals surface area contributed by atoms with Gasteiger partial charge in [0.1, 0.15) is 16.4 Å². The summed E-state index contributed by atoms with van der Waals surface area (Å²) >= 11 is 1.53. The van der Waals surface area contributed by atoms with E-state index in [0.717, 1.165) is 32.0 Å². The van der Waals surface area contributed by atoms with Crippen LogP contribution in [-0.4, -0.2) is 17.9 Å². The average molecular weight is 329 g/mol. The van der Waals surface area contributed by atoms with Crippen molar-refractivity contribution >= 4 is 28.1 Å². The van der Waals surface area contributed by atoms with Crippen molar-refractivity contribution < 1.29 is 13.9 Å². The van der Waals surface area contributed by atoms with Crippen molar-refractivity contribution in [1.82, 2.24) is 4.98 Å². The highest BCUT2D eigenvalue weighted by molar-refractivity contribution is 7.11. The Balaban J connectivity index is 1.73. The number of hydrogen-bond acceptors (Lipinski definition) is 5. The first-order valence-corrected chi connectivity index (χ1v) is 8.30. The lowest BCUT2D eigenvalue weighted by Gasteiger charge is -2.01. The SMILES string of the molecule is COCc1cnc(CC(=O)Cc2coc3c(C)c(C)ccc23)s1. The van der Waals surface area contributed by atoms with Gasteiger partial charge in [0, 0.05) is 30.7 Å². The summed E-state index contributed by atoms with van der Waals surface area (Å²) in [7, 11) is 1.65. The van der Waals surface area contributed by atoms with Gasteiger partial charge in [0.15, 0.2) is 0 Å². The Morgan fingerprint density at radius 1 is 1.30 bits per heavy atom. The Bertz CT molecular complexity index is 847. The van der Waals surface area contributed by atoms with Gasteiger partial charge in [0.25, 0.3) is 0 Å². The molecule has 0 saturated carbocycles. The Morgan fingerprint density at radius 3 is 2.91 bits per heavy atom. The van der Waals surface area contributed by atoms with Crippen molar-refractivity contribution in [3.8, 4) is 0 Å². The first-order valence-electron chi connectivity index (χ1n) is 7.49. The number of methoxy groups -OCH3 is 1. The molecule has 1 aromatic carbocycles. The molecule has 0 unspecified atom stereocenters. The molecule has 0 radical (unpaired) electrons. The van der Waals surface area contributed by atoms with Crippen molar-refractivity contribution in [3.05, 3.63) is 51.2 Å². The van der Waals surface area contributed by atoms with E-state index in [4.69, 9.17) is 9.15 Å². The Labute approximate surface area is 139 Å². The number of carbonyl (C=O) groups is 1. The second-order valence-electron chi connectivity index (χ2n) is 5.69. The summed E-state index contributed by atoms with van der Waals surface area (Å²) in [6, 6.07) is 4.10. The van der Waals surface area contributed by atoms with Crippen molar-refractivity contribution in [1.29, 1.82) is 0 Å². The molecular weight excluding hydrogens is 310 g/mol. The first kappa shape index (κ1) is 15.9. The summed E-state index contributed by atoms with van der Waals surface area (Å²) in [6.07, 6.45) is 4.20. The fourth-order valence-electron chi connectivity index (χ4n) is 2.61. The van der Waals surface area contributed by atoms with E-state index in [2.05, 4.69) is 18.0 Å². The van der Waals surface area contributed by atoms with Gasteiger partial charge in [0.2, 0.25) is 0 Å². The minimum absolute atomic E-state index is 0.143. The number of hydrogen-bond donors (Lipinski definition) is 0. The lowest BCUT2D eigenvalue weighted by atomic mass is 10.0. The fraction of sp³-hybridized carbons (Fsp3) is 0.333. The third-order valence-electron chi connectivity index (χ3n) is 3.97. The summed E-state index contributed by atoms with van der Waals surface area (Å²) < 4.78 is 10.7. The molecule has 4 nitrogen and oxygen atoms in total. The van der Waals surface area contributed by atoms with Gasteiger partial charge in [-0.1, -0.05) is 12.1 Å². The Hall–Kier alpha value is -1.98. The van der Waals surface area contributed by atoms with Crippen LogP contribution < -0.4 is 0 Å². The molecule has 120 valence electrons. The van der Waals surface area contributed by atoms with Crippen LogP contribution in [0.4, 0.5) is 0 Å². The number of aromatic nitrogens is 1. The van der Waals surface area contributed by atoms with Crippen molar-refractivity contribution in [2.75, 3.05) is 7.11 Å². The predicted molar refractivity (Wildman–Crippen MR) is 90.9 cm³/mol. The molecule has 0 saturated heterocycles. The first-order chi connectivity index (χ1) is 11.1. The zero-order valence-electron chi connectivity index (χ0n) is 13.5. The van der Waals surface area contributed by atoms with Gasteiger partial charge in [-0.2, -0.15) is 0 Å². The second kappa shape index (κ2) is 6.64. The van der Waals surface area contributed by atoms with Gasteiger partial charge in [0.05, 0.1) is 24.2 Å². The number of ether oxygens (including phenoxy) is 1. The molecule has 0 aliphatic heterocycles. The van der Waals surface area contributed by atoms with Crippen LogP contribution >= 0.6 is 11.3 Å². The molecule has 2 heterocycles. The molecule has 0 N–H and O–H groups in total. The zero-order chi connectivity index (χ0) is 16.4. The number of Topliss-reactive ketones (excluding diaryl/α,β-unsaturated/α-hetero) is 1. The third kappa shape index (κ3) is 3.35. The number of aryl methyl sites for hydroxylation is 2. The van der Waals surface area contributed by atoms with E-state index in [1.807, 2.05) is 13.0 Å². The van der Waals surface area contributed by atoms with Crippen LogP contribution in [-0.2, 0) is 29.0 Å². The van der Waals surface area contributed by atoms with Gasteiger partial charge in [-0.05, 0) is 25.0 Å². The highest BCUT2D eigenvalue weighted by Crippen LogP contribution is 2.27. The highest BCUT2D eigenvalue weighted by Gasteiger charge is 2.14. The standard InChI is InChI=1S/C18H19NO3S/c1-11-4-5-16-13(9-22-18(16)12(11)2)6-14(20)7-17-19-8-15(23-17)10-21-3/h4-5,8-9H,6-7,10H2,1-3H3. The molecule has 0 aliphatic rings. The minimum Gasteiger partial charge on any atom is -0.464 e. The van der Waals surface area contributed by atoms with Crippen molar-refractivity contribution in [3.63, 3.8) is 0 Å². The number of carbonyl (C=O) groups excluding carboxylic acids is 1. The van der Waals surface area contributed by atoms with Gasteiger partial charge < -0.3 is 9.15 Å². The highest BCUT2D eigenvalue weighted by atomic mass is 32.1. The maximum absolute atomic E-state index is 12.3. The van der Waals surface area contributed by atoms with E-state index >= 15 is 0 Å². The zero-order valence-corrected chi connectivity index (χ0v) is 14.3. The second-order valence-corrected chi connectivity index (χ2v) is 6.89. The minimum atomic E-state index is 0.143. The normalized spacial score (nSPS) is 11.3. The molecule has 23 heavy (non-hydrogen) atoms. The van der Waals surface area contributed by atoms with Crippen molar-refractivity contribution in [2.24, 2.45) is 0 Å². The van der Waals surface area contributed by atoms with E-state index < -0.39 is 0 Å². The number of rotatable bonds is 6. The van der Waals surface area contributed by atoms with Crippen LogP contribution in [0.3, 0.4) is 0 Å². The molecule has 3 aromatic rings. The number of fused-ring (bicyclic) bond motifs is 1. The van der Waals surface area contributed by atoms with Gasteiger partial charge in [-0.25, -0.2) is 4.98 Å². The molecule has 2 aromatic heterocycles. The van der Waals surface area contributed by atoms with E-state index in [1.54, 1.807) is 19.6 Å². The quantitative estimate of drug-likeness (QED) is 0.686. The van der Waals surface area contributed by atoms with E-state index in [1.165, 1.54) is 16.9 Å². The molecular formula is C18H19NO3S. The number of furan rings is 1. The summed E-state index contributed by atoms with van der Waals surface area (Å²) in [5.74, 6) is 0.143. The number of thiazole rings is 1. The van der Waals surface area contributed by atoms with Crippen LogP contribution in [0.1, 0.15) is 26.6 Å². The summed E-state index contributed by atoms with van der Waals surface area (Å²) in [5.41, 5.74) is 4.15. The van der Waals surface area contributed by atoms with Crippen LogP contribution in [0.25, 0.3) is 11.0 Å². The number of ketones is 1. The molecule has 0 aliphatic carbocycles. The maximum Gasteiger partial charge on any atom is 0.144 e. The maximum atomic E-state index is 12.3. The Kier molecular flexibility index (Phi) is 4.59. The lowest BCUT2D eigenvalue weighted by Crippen LogP contribution is -2.05. The summed E-state index contributed by atoms with van der Waals surface area (Å²) in [4.78, 5) is 17.7. The molecule has 5 heteroatoms. The monoisotopic (exact) mass is 329 g/mol. The lowest BCUT2D eigenvalue weighted by molar-refractivity contribution is -0.117. The van der Waals surface area contributed by atoms with Crippen LogP contribution in [0.5, 0.6) is 0 Å². The molecule has 3 rings (SSSR count). The van der Waals surface area contributed by atoms with Gasteiger partial charge in [-0.15, -0.1) is 11.3 Å². The van der Waals surface area contributed by atoms with E-state index in [0.29, 0.717) is 19.4 Å². The molecule has 0 spiro atoms. The van der Waals surface area contributed by atoms with E-state index in [-0.39, 0.29) is 5.78 Å². The Morgan fingerprint density at radius 2 is 2.13 bits per heavy atom. The van der Waals surface area contributed by atoms with Gasteiger partial charge in [-0.3, -0.25) is 4.79 Å². The third-order valence-corrected chi connectivity index (χ3v) is 4.94. The summed E-state index contributed by atoms with van der Waals surface area (Å²) in [6.45, 7) is 4.64. The molecule has 0 bridgehead atoms. The van der Waals surface area contributed by atoms with Gasteiger partial charge >= 0.3 is 0 Å². The smallest absolute Gasteiger partial charge is 0.144 e. The van der Waals surface area contributed by atoms with Crippen LogP contribution in [0.15, 0.2) is 29.0 Å². The average Bonchev–Trinajstić information content (AvgIpc) is 3.11. The van der Waals surface area contributed by atoms with Crippen molar-refractivity contribution in [2.45, 2.75) is 33.3 Å². The predicted octanol–water partition coefficient (Wildman–Crippen LogP) is 4.01. The van der Waals surface area contributed by atoms with Crippen LogP contribution in [0, 0.1) is 13.8 Å². The number of nitrogens with zero attached hydrogens (tertiary/aromatic N) is 1. The fourth-order valence-corrected chi connectivity index (χ4v) is 3.53. The number of benzene rings is 1. The van der Waals surface area contributed by atoms with Crippen LogP contribution in [0.2, 0.25) is 0 Å². The molecule has 0 fully saturated rings. The largest absolute Gasteiger partial charge is 0.464 e. The van der Waals surface area contributed by atoms with E-state index in [9.17, 15) is 4.79 Å². The molecule has 0 amide bonds.